The van der Waals surface area contributed by atoms with Crippen molar-refractivity contribution in [1.29, 1.82) is 0 Å². The molecule has 1 aliphatic carbocycles. The van der Waals surface area contributed by atoms with Crippen LogP contribution in [-0.2, 0) is 4.79 Å². The lowest BCUT2D eigenvalue weighted by Gasteiger charge is -2.27. The van der Waals surface area contributed by atoms with E-state index in [0.717, 1.165) is 25.7 Å². The molecule has 0 heterocycles. The lowest BCUT2D eigenvalue weighted by molar-refractivity contribution is -0.121. The Balaban J connectivity index is 2.24. The fourth-order valence-corrected chi connectivity index (χ4v) is 2.11. The van der Waals surface area contributed by atoms with Crippen molar-refractivity contribution in [3.63, 3.8) is 0 Å². The number of aliphatic hydroxyl groups excluding tert-OH is 1. The molecule has 1 fully saturated rings. The zero-order chi connectivity index (χ0) is 12.8. The molecule has 0 spiro atoms. The number of carbonyl (C=O) groups excluding carboxylic acids is 2. The van der Waals surface area contributed by atoms with Crippen molar-refractivity contribution in [2.24, 2.45) is 11.7 Å². The minimum absolute atomic E-state index is 0.217. The third kappa shape index (κ3) is 5.14. The van der Waals surface area contributed by atoms with Gasteiger partial charge in [0.2, 0.25) is 5.91 Å². The highest BCUT2D eigenvalue weighted by Crippen LogP contribution is 2.23. The Morgan fingerprint density at radius 2 is 2.18 bits per heavy atom. The topological polar surface area (TPSA) is 104 Å². The molecule has 3 amide bonds. The van der Waals surface area contributed by atoms with Gasteiger partial charge in [0, 0.05) is 0 Å². The van der Waals surface area contributed by atoms with Crippen molar-refractivity contribution >= 4 is 11.9 Å². The Kier molecular flexibility index (Phi) is 5.37. The summed E-state index contributed by atoms with van der Waals surface area (Å²) in [6.45, 7) is 2.35. The van der Waals surface area contributed by atoms with Crippen molar-refractivity contribution < 1.29 is 14.7 Å². The van der Waals surface area contributed by atoms with Gasteiger partial charge in [0.15, 0.2) is 0 Å². The number of nitrogens with one attached hydrogen (secondary N) is 2. The summed E-state index contributed by atoms with van der Waals surface area (Å²) in [5.74, 6) is -0.0311. The van der Waals surface area contributed by atoms with Gasteiger partial charge < -0.3 is 16.2 Å². The molecule has 0 aromatic rings. The van der Waals surface area contributed by atoms with Crippen LogP contribution in [0.2, 0.25) is 0 Å². The number of nitrogens with two attached hydrogens (primary N) is 1. The Morgan fingerprint density at radius 1 is 1.47 bits per heavy atom. The van der Waals surface area contributed by atoms with Crippen LogP contribution in [0.5, 0.6) is 0 Å². The summed E-state index contributed by atoms with van der Waals surface area (Å²) in [5.41, 5.74) is 4.86. The molecule has 6 heteroatoms. The van der Waals surface area contributed by atoms with E-state index in [1.165, 1.54) is 0 Å². The fraction of sp³-hybridized carbons (Fsp3) is 0.818. The van der Waals surface area contributed by atoms with E-state index < -0.39 is 18.0 Å². The Morgan fingerprint density at radius 3 is 2.76 bits per heavy atom. The molecule has 6 nitrogen and oxygen atoms in total. The molecule has 3 atom stereocenters. The lowest BCUT2D eigenvalue weighted by atomic mass is 9.87. The van der Waals surface area contributed by atoms with Gasteiger partial charge in [-0.1, -0.05) is 6.42 Å². The predicted octanol–water partition coefficient (Wildman–Crippen LogP) is -0.289. The van der Waals surface area contributed by atoms with Crippen molar-refractivity contribution in [1.82, 2.24) is 10.6 Å². The van der Waals surface area contributed by atoms with E-state index >= 15 is 0 Å². The first-order valence-corrected chi connectivity index (χ1v) is 6.00. The number of hydrogen-bond donors (Lipinski definition) is 4. The lowest BCUT2D eigenvalue weighted by Crippen LogP contribution is -2.47. The molecule has 0 aliphatic heterocycles. The quantitative estimate of drug-likeness (QED) is 0.544. The molecule has 1 rings (SSSR count). The van der Waals surface area contributed by atoms with Gasteiger partial charge in [-0.15, -0.1) is 0 Å². The second-order valence-electron chi connectivity index (χ2n) is 4.67. The molecule has 0 saturated heterocycles. The summed E-state index contributed by atoms with van der Waals surface area (Å²) in [5, 5.41) is 14.6. The maximum absolute atomic E-state index is 11.4. The van der Waals surface area contributed by atoms with E-state index in [1.807, 2.05) is 5.32 Å². The van der Waals surface area contributed by atoms with Crippen LogP contribution in [0.15, 0.2) is 0 Å². The van der Waals surface area contributed by atoms with Gasteiger partial charge in [-0.25, -0.2) is 4.79 Å². The van der Waals surface area contributed by atoms with Crippen molar-refractivity contribution in [3.8, 4) is 0 Å². The third-order valence-electron chi connectivity index (χ3n) is 3.11. The SMILES string of the molecule is CC(NCC1CCCC(O)C1)C(=O)NC(N)=O. The summed E-state index contributed by atoms with van der Waals surface area (Å²) in [4.78, 5) is 21.9. The molecule has 1 aliphatic rings. The molecule has 1 saturated carbocycles. The largest absolute Gasteiger partial charge is 0.393 e. The summed E-state index contributed by atoms with van der Waals surface area (Å²) in [7, 11) is 0. The van der Waals surface area contributed by atoms with Crippen LogP contribution in [-0.4, -0.2) is 35.7 Å². The Bertz CT molecular complexity index is 283. The maximum Gasteiger partial charge on any atom is 0.318 e. The third-order valence-corrected chi connectivity index (χ3v) is 3.11. The number of rotatable bonds is 4. The molecule has 5 N–H and O–H groups in total. The molecular weight excluding hydrogens is 222 g/mol. The van der Waals surface area contributed by atoms with Crippen molar-refractivity contribution in [2.75, 3.05) is 6.54 Å². The first-order valence-electron chi connectivity index (χ1n) is 6.00. The van der Waals surface area contributed by atoms with Gasteiger partial charge in [-0.05, 0) is 38.6 Å². The number of hydrogen-bond acceptors (Lipinski definition) is 4. The monoisotopic (exact) mass is 243 g/mol. The highest BCUT2D eigenvalue weighted by molar-refractivity contribution is 5.96. The van der Waals surface area contributed by atoms with E-state index in [2.05, 4.69) is 5.32 Å². The minimum atomic E-state index is -0.836. The zero-order valence-corrected chi connectivity index (χ0v) is 10.1. The number of carbonyl (C=O) groups is 2. The Labute approximate surface area is 101 Å². The molecule has 98 valence electrons. The Hall–Kier alpha value is -1.14. The molecule has 17 heavy (non-hydrogen) atoms. The van der Waals surface area contributed by atoms with E-state index in [0.29, 0.717) is 12.5 Å². The molecule has 0 aromatic heterocycles. The van der Waals surface area contributed by atoms with E-state index in [4.69, 9.17) is 5.73 Å². The molecule has 3 unspecified atom stereocenters. The average molecular weight is 243 g/mol. The van der Waals surface area contributed by atoms with Gasteiger partial charge in [0.1, 0.15) is 0 Å². The summed E-state index contributed by atoms with van der Waals surface area (Å²) < 4.78 is 0. The van der Waals surface area contributed by atoms with Gasteiger partial charge >= 0.3 is 6.03 Å². The number of aliphatic hydroxyl groups is 1. The standard InChI is InChI=1S/C11H21N3O3/c1-7(10(16)14-11(12)17)13-6-8-3-2-4-9(15)5-8/h7-9,13,15H,2-6H2,1H3,(H3,12,14,16,17). The van der Waals surface area contributed by atoms with Crippen molar-refractivity contribution in [3.05, 3.63) is 0 Å². The van der Waals surface area contributed by atoms with Gasteiger partial charge in [-0.2, -0.15) is 0 Å². The zero-order valence-electron chi connectivity index (χ0n) is 10.1. The van der Waals surface area contributed by atoms with Crippen LogP contribution in [0.4, 0.5) is 4.79 Å². The highest BCUT2D eigenvalue weighted by atomic mass is 16.3. The van der Waals surface area contributed by atoms with Crippen molar-refractivity contribution in [2.45, 2.75) is 44.8 Å². The molecule has 0 radical (unpaired) electrons. The van der Waals surface area contributed by atoms with Gasteiger partial charge in [0.25, 0.3) is 0 Å². The maximum atomic E-state index is 11.4. The van der Waals surface area contributed by atoms with Crippen LogP contribution >= 0.6 is 0 Å². The number of urea groups is 1. The fourth-order valence-electron chi connectivity index (χ4n) is 2.11. The van der Waals surface area contributed by atoms with Gasteiger partial charge in [-0.3, -0.25) is 10.1 Å². The van der Waals surface area contributed by atoms with Crippen LogP contribution in [0.3, 0.4) is 0 Å². The van der Waals surface area contributed by atoms with E-state index in [9.17, 15) is 14.7 Å². The highest BCUT2D eigenvalue weighted by Gasteiger charge is 2.21. The normalized spacial score (nSPS) is 26.2. The number of primary amides is 1. The van der Waals surface area contributed by atoms with Crippen LogP contribution in [0.25, 0.3) is 0 Å². The summed E-state index contributed by atoms with van der Waals surface area (Å²) >= 11 is 0. The predicted molar refractivity (Wildman–Crippen MR) is 63.2 cm³/mol. The summed E-state index contributed by atoms with van der Waals surface area (Å²) in [6, 6.07) is -1.29. The van der Waals surface area contributed by atoms with E-state index in [-0.39, 0.29) is 6.10 Å². The van der Waals surface area contributed by atoms with Crippen LogP contribution < -0.4 is 16.4 Å². The second-order valence-corrected chi connectivity index (χ2v) is 4.67. The van der Waals surface area contributed by atoms with E-state index in [1.54, 1.807) is 6.92 Å². The number of amides is 3. The molecular formula is C11H21N3O3. The van der Waals surface area contributed by atoms with Gasteiger partial charge in [0.05, 0.1) is 12.1 Å². The first-order chi connectivity index (χ1) is 7.99. The smallest absolute Gasteiger partial charge is 0.318 e. The minimum Gasteiger partial charge on any atom is -0.393 e. The first kappa shape index (κ1) is 13.9. The molecule has 0 bridgehead atoms. The average Bonchev–Trinajstić information content (AvgIpc) is 2.25. The molecule has 0 aromatic carbocycles. The number of imide groups is 1. The van der Waals surface area contributed by atoms with Crippen LogP contribution in [0.1, 0.15) is 32.6 Å². The second kappa shape index (κ2) is 6.56. The summed E-state index contributed by atoms with van der Waals surface area (Å²) in [6.07, 6.45) is 3.51. The van der Waals surface area contributed by atoms with Crippen LogP contribution in [0, 0.1) is 5.92 Å².